The van der Waals surface area contributed by atoms with Crippen molar-refractivity contribution in [3.8, 4) is 22.7 Å². The Morgan fingerprint density at radius 2 is 1.79 bits per heavy atom. The van der Waals surface area contributed by atoms with Gasteiger partial charge in [-0.1, -0.05) is 47.6 Å². The third-order valence-electron chi connectivity index (χ3n) is 3.49. The van der Waals surface area contributed by atoms with E-state index in [0.29, 0.717) is 12.4 Å². The average Bonchev–Trinajstić information content (AvgIpc) is 3.26. The molecule has 118 valence electrons. The largest absolute Gasteiger partial charge is 0.356 e. The van der Waals surface area contributed by atoms with Crippen molar-refractivity contribution >= 4 is 22.6 Å². The molecule has 0 radical (unpaired) electrons. The third-order valence-corrected chi connectivity index (χ3v) is 4.43. The summed E-state index contributed by atoms with van der Waals surface area (Å²) >= 11 is 2.26. The van der Waals surface area contributed by atoms with Crippen LogP contribution in [0.4, 0.5) is 0 Å². The van der Waals surface area contributed by atoms with Crippen LogP contribution in [0, 0.1) is 3.57 Å². The first kappa shape index (κ1) is 15.0. The Balaban J connectivity index is 1.55. The summed E-state index contributed by atoms with van der Waals surface area (Å²) < 4.78 is 6.48. The van der Waals surface area contributed by atoms with E-state index in [0.717, 1.165) is 26.2 Å². The molecule has 2 heterocycles. The van der Waals surface area contributed by atoms with Gasteiger partial charge in [-0.15, -0.1) is 10.2 Å². The van der Waals surface area contributed by atoms with E-state index in [-0.39, 0.29) is 0 Å². The Labute approximate surface area is 151 Å². The lowest BCUT2D eigenvalue weighted by atomic mass is 10.2. The maximum absolute atomic E-state index is 5.39. The quantitative estimate of drug-likeness (QED) is 0.464. The van der Waals surface area contributed by atoms with Gasteiger partial charge >= 0.3 is 0 Å². The minimum atomic E-state index is 0.409. The predicted molar refractivity (Wildman–Crippen MR) is 97.0 cm³/mol. The fourth-order valence-electron chi connectivity index (χ4n) is 2.33. The summed E-state index contributed by atoms with van der Waals surface area (Å²) in [7, 11) is 0. The van der Waals surface area contributed by atoms with Gasteiger partial charge in [0.15, 0.2) is 5.76 Å². The molecular weight excluding hydrogens is 417 g/mol. The van der Waals surface area contributed by atoms with Gasteiger partial charge in [0.1, 0.15) is 12.2 Å². The fraction of sp³-hybridized carbons (Fsp3) is 0.0588. The van der Waals surface area contributed by atoms with E-state index in [9.17, 15) is 0 Å². The molecule has 0 atom stereocenters. The summed E-state index contributed by atoms with van der Waals surface area (Å²) in [5, 5.41) is 16.7. The number of hydrogen-bond donors (Lipinski definition) is 0. The lowest BCUT2D eigenvalue weighted by molar-refractivity contribution is 0.415. The number of tetrazole rings is 1. The molecule has 0 bridgehead atoms. The van der Waals surface area contributed by atoms with Crippen LogP contribution < -0.4 is 0 Å². The Hall–Kier alpha value is -2.55. The van der Waals surface area contributed by atoms with Crippen LogP contribution in [0.15, 0.2) is 65.2 Å². The van der Waals surface area contributed by atoms with Crippen LogP contribution in [0.2, 0.25) is 0 Å². The minimum Gasteiger partial charge on any atom is -0.356 e. The topological polar surface area (TPSA) is 69.6 Å². The molecule has 2 aromatic carbocycles. The lowest BCUT2D eigenvalue weighted by Crippen LogP contribution is -2.04. The summed E-state index contributed by atoms with van der Waals surface area (Å²) in [5.74, 6) is 1.33. The summed E-state index contributed by atoms with van der Waals surface area (Å²) in [5.41, 5.74) is 2.71. The lowest BCUT2D eigenvalue weighted by Gasteiger charge is -1.97. The van der Waals surface area contributed by atoms with Crippen LogP contribution in [-0.2, 0) is 6.54 Å². The van der Waals surface area contributed by atoms with E-state index in [1.165, 1.54) is 4.80 Å². The normalized spacial score (nSPS) is 10.9. The van der Waals surface area contributed by atoms with Crippen LogP contribution in [0.5, 0.6) is 0 Å². The molecule has 0 N–H and O–H groups in total. The Morgan fingerprint density at radius 3 is 2.62 bits per heavy atom. The zero-order valence-electron chi connectivity index (χ0n) is 12.5. The SMILES string of the molecule is Ic1ccccc1-c1nnn(Cc2cc(-c3ccccc3)on2)n1. The molecule has 6 nitrogen and oxygen atoms in total. The second-order valence-corrected chi connectivity index (χ2v) is 6.33. The van der Waals surface area contributed by atoms with Gasteiger partial charge in [-0.05, 0) is 39.9 Å². The molecule has 4 aromatic rings. The van der Waals surface area contributed by atoms with Crippen molar-refractivity contribution in [1.82, 2.24) is 25.4 Å². The fourth-order valence-corrected chi connectivity index (χ4v) is 2.96. The summed E-state index contributed by atoms with van der Waals surface area (Å²) in [6.45, 7) is 0.409. The molecule has 0 aliphatic heterocycles. The minimum absolute atomic E-state index is 0.409. The predicted octanol–water partition coefficient (Wildman–Crippen LogP) is 3.65. The van der Waals surface area contributed by atoms with E-state index in [4.69, 9.17) is 4.52 Å². The van der Waals surface area contributed by atoms with Gasteiger partial charge < -0.3 is 4.52 Å². The number of hydrogen-bond acceptors (Lipinski definition) is 5. The molecule has 0 amide bonds. The molecule has 0 fully saturated rings. The highest BCUT2D eigenvalue weighted by Gasteiger charge is 2.11. The van der Waals surface area contributed by atoms with Crippen molar-refractivity contribution < 1.29 is 4.52 Å². The molecule has 7 heteroatoms. The number of benzene rings is 2. The molecule has 0 spiro atoms. The highest BCUT2D eigenvalue weighted by Crippen LogP contribution is 2.22. The van der Waals surface area contributed by atoms with Gasteiger partial charge in [0.25, 0.3) is 0 Å². The van der Waals surface area contributed by atoms with Crippen LogP contribution in [-0.4, -0.2) is 25.4 Å². The highest BCUT2D eigenvalue weighted by atomic mass is 127. The van der Waals surface area contributed by atoms with E-state index in [1.54, 1.807) is 0 Å². The molecule has 2 aromatic heterocycles. The average molecular weight is 429 g/mol. The maximum atomic E-state index is 5.39. The third kappa shape index (κ3) is 3.07. The van der Waals surface area contributed by atoms with Gasteiger partial charge in [0.05, 0.1) is 0 Å². The van der Waals surface area contributed by atoms with Gasteiger partial charge in [0.2, 0.25) is 5.82 Å². The van der Waals surface area contributed by atoms with E-state index in [1.807, 2.05) is 60.7 Å². The molecule has 0 unspecified atom stereocenters. The molecule has 0 saturated carbocycles. The van der Waals surface area contributed by atoms with E-state index >= 15 is 0 Å². The number of rotatable bonds is 4. The van der Waals surface area contributed by atoms with Crippen LogP contribution in [0.1, 0.15) is 5.69 Å². The zero-order chi connectivity index (χ0) is 16.4. The standard InChI is InChI=1S/C17H12IN5O/c18-15-9-5-4-8-14(15)17-19-22-23(20-17)11-13-10-16(24-21-13)12-6-2-1-3-7-12/h1-10H,11H2. The van der Waals surface area contributed by atoms with Crippen LogP contribution >= 0.6 is 22.6 Å². The summed E-state index contributed by atoms with van der Waals surface area (Å²) in [6, 6.07) is 19.7. The van der Waals surface area contributed by atoms with Gasteiger partial charge in [-0.2, -0.15) is 4.80 Å². The number of aromatic nitrogens is 5. The van der Waals surface area contributed by atoms with Crippen molar-refractivity contribution in [2.45, 2.75) is 6.54 Å². The first-order chi connectivity index (χ1) is 11.8. The van der Waals surface area contributed by atoms with Crippen molar-refractivity contribution in [2.75, 3.05) is 0 Å². The number of halogens is 1. The van der Waals surface area contributed by atoms with Crippen molar-refractivity contribution in [1.29, 1.82) is 0 Å². The molecule has 0 aliphatic rings. The molecular formula is C17H12IN5O. The Kier molecular flexibility index (Phi) is 4.08. The van der Waals surface area contributed by atoms with Gasteiger partial charge in [-0.25, -0.2) is 0 Å². The molecule has 24 heavy (non-hydrogen) atoms. The summed E-state index contributed by atoms with van der Waals surface area (Å²) in [4.78, 5) is 1.52. The number of nitrogens with zero attached hydrogens (tertiary/aromatic N) is 5. The van der Waals surface area contributed by atoms with Gasteiger partial charge in [0, 0.05) is 20.8 Å². The van der Waals surface area contributed by atoms with E-state index < -0.39 is 0 Å². The molecule has 0 aliphatic carbocycles. The van der Waals surface area contributed by atoms with Crippen LogP contribution in [0.3, 0.4) is 0 Å². The maximum Gasteiger partial charge on any atom is 0.205 e. The summed E-state index contributed by atoms with van der Waals surface area (Å²) in [6.07, 6.45) is 0. The Morgan fingerprint density at radius 1 is 1.00 bits per heavy atom. The van der Waals surface area contributed by atoms with Gasteiger partial charge in [-0.3, -0.25) is 0 Å². The van der Waals surface area contributed by atoms with Crippen molar-refractivity contribution in [2.24, 2.45) is 0 Å². The highest BCUT2D eigenvalue weighted by molar-refractivity contribution is 14.1. The van der Waals surface area contributed by atoms with E-state index in [2.05, 4.69) is 43.2 Å². The first-order valence-electron chi connectivity index (χ1n) is 7.33. The monoisotopic (exact) mass is 429 g/mol. The van der Waals surface area contributed by atoms with Crippen molar-refractivity contribution in [3.63, 3.8) is 0 Å². The Bertz CT molecular complexity index is 964. The first-order valence-corrected chi connectivity index (χ1v) is 8.41. The van der Waals surface area contributed by atoms with Crippen LogP contribution in [0.25, 0.3) is 22.7 Å². The zero-order valence-corrected chi connectivity index (χ0v) is 14.7. The molecule has 4 rings (SSSR count). The van der Waals surface area contributed by atoms with Crippen molar-refractivity contribution in [3.05, 3.63) is 69.9 Å². The second kappa shape index (κ2) is 6.52. The molecule has 0 saturated heterocycles. The smallest absolute Gasteiger partial charge is 0.205 e. The second-order valence-electron chi connectivity index (χ2n) is 5.17.